The lowest BCUT2D eigenvalue weighted by Gasteiger charge is -2.47. The van der Waals surface area contributed by atoms with Gasteiger partial charge in [-0.3, -0.25) is 57.5 Å². The van der Waals surface area contributed by atoms with Gasteiger partial charge in [0.05, 0.1) is 24.4 Å². The third-order valence-corrected chi connectivity index (χ3v) is 26.2. The lowest BCUT2D eigenvalue weighted by atomic mass is 9.74. The standard InChI is InChI=1S/C78H122Cl2N12O13/c1-11-49(5)67-75(102)91(54-33-34-54)48-66(95)86(8)60-26-19-16-20-41-90(74(60)101)63-43-52-29-27-50(28-30-52)24-17-15-18-25-59(69(96)82-67)85(7)65(94)45-62(73(100)89-39-21-22-40-89)87(9)76(103)68(53(12-2)13-3)88(10)77(104)78(37-23-38-78)83-70(97)61-44-55(105-14-4)46-92(61)71(98)58(81-64(93)47-84(6)72(63)99)36-32-51-31-35-56(79)57(80)42-51/h16-17,19,24,49-63,67-68H,11-15,18,20-23,25-48H2,1-10H3,(H,81,93)(H,82,96)(H,83,97)/b19-16-,24-17+/t49-,50?,51?,52?,55+,56?,57?,58-,59-,60-,61-,62-,63-,67-,68-/m0/s1. The molecule has 13 atom stereocenters. The van der Waals surface area contributed by atoms with Gasteiger partial charge in [-0.05, 0) is 178 Å². The van der Waals surface area contributed by atoms with Gasteiger partial charge in [0.2, 0.25) is 70.9 Å². The molecule has 0 radical (unpaired) electrons. The van der Waals surface area contributed by atoms with Crippen molar-refractivity contribution >= 4 is 94.1 Å². The van der Waals surface area contributed by atoms with Crippen molar-refractivity contribution < 1.29 is 62.3 Å². The van der Waals surface area contributed by atoms with Gasteiger partial charge in [-0.25, -0.2) is 0 Å². The molecule has 1 spiro atoms. The van der Waals surface area contributed by atoms with E-state index in [4.69, 9.17) is 27.9 Å². The minimum absolute atomic E-state index is 0.0190. The van der Waals surface area contributed by atoms with Crippen LogP contribution in [0, 0.1) is 29.6 Å². The number of nitrogens with zero attached hydrogens (tertiary/aromatic N) is 9. The number of likely N-dealkylation sites (N-methyl/N-ethyl adjacent to an activating group) is 5. The highest BCUT2D eigenvalue weighted by atomic mass is 35.5. The minimum atomic E-state index is -1.52. The zero-order valence-corrected chi connectivity index (χ0v) is 65.8. The molecule has 27 heteroatoms. The van der Waals surface area contributed by atoms with Crippen LogP contribution in [-0.4, -0.2) is 273 Å². The highest BCUT2D eigenvalue weighted by molar-refractivity contribution is 6.30. The SMILES string of the molecule is CCO[C@@H]1C[C@H]2C(=O)NC3(CCC3)C(=O)N(C)[C@@H](C(CC)CC)C(=O)N(C)[C@H](C(=O)N3CCCC3)CC(=O)N(C)[C@H]3CCC/C=C/C4CCC(CC4)C[C@@H](C(=O)N(C)CC(=O)N[C@@H](CCC4CCC(Cl)C(Cl)C4)C(=O)N2C1)N1CC/C=C\C[C@@H](C1=O)N(C)C(=O)CN(C1CC1)C(=O)[C@H]([C@@H](C)CC)NC3=O. The maximum Gasteiger partial charge on any atom is 0.248 e. The predicted octanol–water partition coefficient (Wildman–Crippen LogP) is 6.55. The first-order valence-corrected chi connectivity index (χ1v) is 40.7. The van der Waals surface area contributed by atoms with E-state index in [2.05, 4.69) is 28.1 Å². The molecule has 105 heavy (non-hydrogen) atoms. The zero-order chi connectivity index (χ0) is 76.1. The number of carbonyl (C=O) groups is 12. The van der Waals surface area contributed by atoms with E-state index < -0.39 is 162 Å². The van der Waals surface area contributed by atoms with E-state index in [0.717, 1.165) is 32.1 Å². The number of fused-ring (bicyclic) bond motifs is 22. The Morgan fingerprint density at radius 3 is 1.92 bits per heavy atom. The summed E-state index contributed by atoms with van der Waals surface area (Å²) in [6.45, 7) is 9.63. The molecule has 12 amide bonds. The molecular weight excluding hydrogens is 1380 g/mol. The number of hydrogen-bond donors (Lipinski definition) is 3. The van der Waals surface area contributed by atoms with Crippen LogP contribution >= 0.6 is 23.2 Å². The number of amides is 12. The van der Waals surface area contributed by atoms with Gasteiger partial charge in [-0.1, -0.05) is 71.3 Å². The third kappa shape index (κ3) is 19.9. The van der Waals surface area contributed by atoms with E-state index in [0.29, 0.717) is 103 Å². The Morgan fingerprint density at radius 1 is 0.590 bits per heavy atom. The Morgan fingerprint density at radius 2 is 1.29 bits per heavy atom. The lowest BCUT2D eigenvalue weighted by molar-refractivity contribution is -0.158. The summed E-state index contributed by atoms with van der Waals surface area (Å²) < 4.78 is 6.17. The summed E-state index contributed by atoms with van der Waals surface area (Å²) in [5.41, 5.74) is -1.52. The fraction of sp³-hybridized carbons (Fsp3) is 0.795. The second-order valence-corrected chi connectivity index (χ2v) is 33.1. The number of nitrogens with one attached hydrogen (secondary N) is 3. The molecule has 3 unspecified atom stereocenters. The average molecular weight is 1510 g/mol. The summed E-state index contributed by atoms with van der Waals surface area (Å²) in [5.74, 6) is -7.34. The first kappa shape index (κ1) is 82.7. The van der Waals surface area contributed by atoms with Crippen LogP contribution in [0.15, 0.2) is 24.3 Å². The highest BCUT2D eigenvalue weighted by Crippen LogP contribution is 2.40. The molecule has 25 nitrogen and oxygen atoms in total. The number of likely N-dealkylation sites (tertiary alicyclic amines) is 1. The summed E-state index contributed by atoms with van der Waals surface area (Å²) in [7, 11) is 7.57. The third-order valence-electron chi connectivity index (χ3n) is 25.0. The molecular formula is C78H122Cl2N12O13. The fourth-order valence-electron chi connectivity index (χ4n) is 17.6. The quantitative estimate of drug-likeness (QED) is 0.106. The molecule has 2 saturated heterocycles. The van der Waals surface area contributed by atoms with E-state index in [-0.39, 0.29) is 99.2 Å². The smallest absolute Gasteiger partial charge is 0.248 e. The number of allylic oxidation sites excluding steroid dienone is 2. The van der Waals surface area contributed by atoms with Gasteiger partial charge >= 0.3 is 0 Å². The molecule has 6 bridgehead atoms. The Labute approximate surface area is 633 Å². The second kappa shape index (κ2) is 37.7. The van der Waals surface area contributed by atoms with Crippen molar-refractivity contribution in [2.24, 2.45) is 29.6 Å². The Kier molecular flexibility index (Phi) is 29.7. The Hall–Kier alpha value is -6.34. The molecule has 6 fully saturated rings. The number of alkyl halides is 2. The number of hydrogen-bond acceptors (Lipinski definition) is 13. The second-order valence-electron chi connectivity index (χ2n) is 32.0. The summed E-state index contributed by atoms with van der Waals surface area (Å²) >= 11 is 13.4. The van der Waals surface area contributed by atoms with Crippen LogP contribution in [0.1, 0.15) is 208 Å². The van der Waals surface area contributed by atoms with Crippen LogP contribution in [-0.2, 0) is 62.3 Å². The molecule has 0 aromatic rings. The van der Waals surface area contributed by atoms with Gasteiger partial charge in [0, 0.05) is 85.9 Å². The van der Waals surface area contributed by atoms with Gasteiger partial charge in [-0.15, -0.1) is 23.2 Å². The maximum absolute atomic E-state index is 15.8. The topological polar surface area (TPSA) is 279 Å². The van der Waals surface area contributed by atoms with Crippen LogP contribution in [0.2, 0.25) is 0 Å². The monoisotopic (exact) mass is 1500 g/mol. The lowest BCUT2D eigenvalue weighted by Crippen LogP contribution is -2.68. The van der Waals surface area contributed by atoms with Gasteiger partial charge < -0.3 is 64.8 Å². The van der Waals surface area contributed by atoms with Crippen molar-refractivity contribution in [3.05, 3.63) is 24.3 Å². The molecule has 4 aliphatic carbocycles. The molecule has 4 saturated carbocycles. The zero-order valence-electron chi connectivity index (χ0n) is 64.3. The predicted molar refractivity (Wildman–Crippen MR) is 399 cm³/mol. The van der Waals surface area contributed by atoms with Crippen molar-refractivity contribution in [1.82, 2.24) is 60.0 Å². The van der Waals surface area contributed by atoms with E-state index >= 15 is 52.7 Å². The van der Waals surface area contributed by atoms with Crippen molar-refractivity contribution in [3.8, 4) is 0 Å². The van der Waals surface area contributed by atoms with Crippen molar-refractivity contribution in [3.63, 3.8) is 0 Å². The van der Waals surface area contributed by atoms with E-state index in [1.54, 1.807) is 9.80 Å². The van der Waals surface area contributed by atoms with Gasteiger partial charge in [0.25, 0.3) is 0 Å². The Bertz CT molecular complexity index is 3170. The van der Waals surface area contributed by atoms with Crippen molar-refractivity contribution in [2.45, 2.75) is 285 Å². The van der Waals surface area contributed by atoms with E-state index in [1.807, 2.05) is 46.8 Å². The summed E-state index contributed by atoms with van der Waals surface area (Å²) in [6, 6.07) is -9.80. The molecule has 0 aromatic heterocycles. The number of ether oxygens (including phenoxy) is 1. The first-order valence-electron chi connectivity index (χ1n) is 39.8. The van der Waals surface area contributed by atoms with Crippen LogP contribution in [0.3, 0.4) is 0 Å². The van der Waals surface area contributed by atoms with Gasteiger partial charge in [0.1, 0.15) is 60.4 Å². The molecule has 7 aliphatic heterocycles. The van der Waals surface area contributed by atoms with Crippen LogP contribution in [0.4, 0.5) is 0 Å². The number of carbonyl (C=O) groups excluding carboxylic acids is 12. The van der Waals surface area contributed by atoms with E-state index in [9.17, 15) is 4.79 Å². The Balaban J connectivity index is 1.15. The van der Waals surface area contributed by atoms with Crippen LogP contribution in [0.5, 0.6) is 0 Å². The maximum atomic E-state index is 15.8. The highest BCUT2D eigenvalue weighted by Gasteiger charge is 2.54. The molecule has 7 heterocycles. The largest absolute Gasteiger partial charge is 0.377 e. The molecule has 11 rings (SSSR count). The van der Waals surface area contributed by atoms with Crippen LogP contribution < -0.4 is 16.0 Å². The first-order chi connectivity index (χ1) is 50.1. The molecule has 0 aromatic carbocycles. The van der Waals surface area contributed by atoms with Gasteiger partial charge in [0.15, 0.2) is 0 Å². The normalized spacial score (nSPS) is 33.1. The van der Waals surface area contributed by atoms with Gasteiger partial charge in [-0.2, -0.15) is 0 Å². The van der Waals surface area contributed by atoms with Crippen LogP contribution in [0.25, 0.3) is 0 Å². The fourth-order valence-corrected chi connectivity index (χ4v) is 18.2. The number of rotatable bonds is 12. The average Bonchev–Trinajstić information content (AvgIpc) is 1.65. The molecule has 3 N–H and O–H groups in total. The number of halogens is 2. The summed E-state index contributed by atoms with van der Waals surface area (Å²) in [6.07, 6.45) is 19.4. The van der Waals surface area contributed by atoms with Crippen molar-refractivity contribution in [1.29, 1.82) is 0 Å². The summed E-state index contributed by atoms with van der Waals surface area (Å²) in [4.78, 5) is 198. The summed E-state index contributed by atoms with van der Waals surface area (Å²) in [5, 5.41) is 8.67. The minimum Gasteiger partial charge on any atom is -0.377 e. The van der Waals surface area contributed by atoms with Crippen molar-refractivity contribution in [2.75, 3.05) is 81.1 Å². The molecule has 11 aliphatic rings. The van der Waals surface area contributed by atoms with E-state index in [1.165, 1.54) is 69.5 Å². The molecule has 586 valence electrons.